The summed E-state index contributed by atoms with van der Waals surface area (Å²) in [6, 6.07) is 9.91. The maximum Gasteiger partial charge on any atom is 0.172 e. The molecule has 0 spiro atoms. The molecule has 1 aliphatic heterocycles. The van der Waals surface area contributed by atoms with Gasteiger partial charge in [-0.15, -0.1) is 0 Å². The van der Waals surface area contributed by atoms with E-state index in [9.17, 15) is 0 Å². The Bertz CT molecular complexity index is 1260. The van der Waals surface area contributed by atoms with Crippen molar-refractivity contribution >= 4 is 62.9 Å². The van der Waals surface area contributed by atoms with E-state index in [1.165, 1.54) is 33.4 Å². The van der Waals surface area contributed by atoms with Gasteiger partial charge in [0.05, 0.1) is 23.4 Å². The lowest BCUT2D eigenvalue weighted by Gasteiger charge is -2.72. The molecule has 0 aromatic heterocycles. The van der Waals surface area contributed by atoms with Crippen LogP contribution in [-0.4, -0.2) is 47.2 Å². The summed E-state index contributed by atoms with van der Waals surface area (Å²) in [5, 5.41) is 4.04. The van der Waals surface area contributed by atoms with E-state index in [-0.39, 0.29) is 0 Å². The van der Waals surface area contributed by atoms with Crippen molar-refractivity contribution in [1.82, 2.24) is 4.11 Å². The highest BCUT2D eigenvalue weighted by Crippen LogP contribution is 2.91. The Morgan fingerprint density at radius 2 is 1.00 bits per heavy atom. The zero-order chi connectivity index (χ0) is 31.0. The summed E-state index contributed by atoms with van der Waals surface area (Å²) in [6.45, 7) is 45.5. The molecule has 0 bridgehead atoms. The fourth-order valence-corrected chi connectivity index (χ4v) is 53.6. The number of rotatable bonds is 6. The van der Waals surface area contributed by atoms with Gasteiger partial charge in [-0.25, -0.2) is 0 Å². The van der Waals surface area contributed by atoms with Crippen LogP contribution in [-0.2, 0) is 0 Å². The first-order valence-corrected chi connectivity index (χ1v) is 32.8. The van der Waals surface area contributed by atoms with Gasteiger partial charge >= 0.3 is 0 Å². The van der Waals surface area contributed by atoms with Gasteiger partial charge in [0, 0.05) is 10.3 Å². The van der Waals surface area contributed by atoms with Crippen molar-refractivity contribution in [3.05, 3.63) is 57.6 Å². The van der Waals surface area contributed by atoms with Crippen LogP contribution in [0, 0.1) is 41.5 Å². The van der Waals surface area contributed by atoms with Crippen LogP contribution in [0.1, 0.15) is 33.4 Å². The lowest BCUT2D eigenvalue weighted by molar-refractivity contribution is 0.981. The van der Waals surface area contributed by atoms with Gasteiger partial charge in [0.2, 0.25) is 0 Å². The Hall–Kier alpha value is -0.202. The van der Waals surface area contributed by atoms with E-state index >= 15 is 0 Å². The first-order chi connectivity index (χ1) is 17.8. The van der Waals surface area contributed by atoms with Crippen LogP contribution in [0.3, 0.4) is 0 Å². The largest absolute Gasteiger partial charge is 0.320 e. The van der Waals surface area contributed by atoms with Gasteiger partial charge in [0.1, 0.15) is 8.24 Å². The van der Waals surface area contributed by atoms with Crippen LogP contribution in [0.2, 0.25) is 78.6 Å². The predicted molar refractivity (Wildman–Crippen MR) is 202 cm³/mol. The van der Waals surface area contributed by atoms with E-state index in [2.05, 4.69) is 154 Å². The van der Waals surface area contributed by atoms with Crippen molar-refractivity contribution in [3.63, 3.8) is 0 Å². The molecule has 0 radical (unpaired) electrons. The molecule has 2 nitrogen and oxygen atoms in total. The average Bonchev–Trinajstić information content (AvgIpc) is 2.59. The zero-order valence-corrected chi connectivity index (χ0v) is 35.0. The van der Waals surface area contributed by atoms with Crippen molar-refractivity contribution in [2.45, 2.75) is 125 Å². The Morgan fingerprint density at radius 3 is 1.30 bits per heavy atom. The van der Waals surface area contributed by atoms with Crippen LogP contribution >= 0.6 is 14.2 Å². The first kappa shape index (κ1) is 34.3. The lowest BCUT2D eigenvalue weighted by atomic mass is 10.1. The predicted octanol–water partition coefficient (Wildman–Crippen LogP) is 10.4. The fraction of sp³-hybridized carbons (Fsp3) is 0.594. The summed E-state index contributed by atoms with van der Waals surface area (Å²) in [7, 11) is -10.9. The smallest absolute Gasteiger partial charge is 0.172 e. The molecule has 0 amide bonds. The summed E-state index contributed by atoms with van der Waals surface area (Å²) in [6.07, 6.45) is 0. The number of hydrogen-bond acceptors (Lipinski definition) is 1. The lowest BCUT2D eigenvalue weighted by Crippen LogP contribution is -2.65. The third-order valence-electron chi connectivity index (χ3n) is 7.69. The number of aryl methyl sites for hydroxylation is 6. The van der Waals surface area contributed by atoms with E-state index in [1.807, 2.05) is 0 Å². The van der Waals surface area contributed by atoms with Gasteiger partial charge in [-0.05, 0) is 76.1 Å². The minimum atomic E-state index is -2.04. The maximum absolute atomic E-state index is 6.36. The minimum Gasteiger partial charge on any atom is -0.320 e. The fourth-order valence-electron chi connectivity index (χ4n) is 7.96. The minimum absolute atomic E-state index is 0.665. The number of benzene rings is 2. The van der Waals surface area contributed by atoms with Gasteiger partial charge in [0.15, 0.2) is 8.24 Å². The van der Waals surface area contributed by atoms with Crippen molar-refractivity contribution in [2.24, 2.45) is 4.41 Å². The van der Waals surface area contributed by atoms with Crippen molar-refractivity contribution in [2.75, 3.05) is 0 Å². The third-order valence-corrected chi connectivity index (χ3v) is 40.3. The van der Waals surface area contributed by atoms with E-state index in [4.69, 9.17) is 4.41 Å². The van der Waals surface area contributed by atoms with Crippen LogP contribution in [0.4, 0.5) is 0 Å². The monoisotopic (exact) mass is 646 g/mol. The van der Waals surface area contributed by atoms with Crippen molar-refractivity contribution in [3.8, 4) is 0 Å². The molecule has 224 valence electrons. The summed E-state index contributed by atoms with van der Waals surface area (Å²) in [4.78, 5) is 0. The van der Waals surface area contributed by atoms with Gasteiger partial charge in [-0.3, -0.25) is 4.11 Å². The molecular weight excluding hydrogens is 587 g/mol. The molecule has 40 heavy (non-hydrogen) atoms. The highest BCUT2D eigenvalue weighted by Gasteiger charge is 2.68. The molecule has 3 atom stereocenters. The Labute approximate surface area is 253 Å². The van der Waals surface area contributed by atoms with Gasteiger partial charge in [0.25, 0.3) is 0 Å². The molecule has 1 aliphatic rings. The number of nitrogens with zero attached hydrogens (tertiary/aromatic N) is 2. The van der Waals surface area contributed by atoms with E-state index in [0.29, 0.717) is 5.02 Å². The van der Waals surface area contributed by atoms with Gasteiger partial charge in [-0.2, -0.15) is 0 Å². The molecule has 1 heterocycles. The highest BCUT2D eigenvalue weighted by molar-refractivity contribution is 8.11. The second-order valence-electron chi connectivity index (χ2n) is 16.8. The quantitative estimate of drug-likeness (QED) is 0.225. The SMILES string of the molecule is Cc1cc(C)c(P2(=C[Si](C)(C)C)C([Si](C)(C)C)P(=N[Si](C)(C)C)(c3c(C)cc(C)cc3C)N2[Si](C)(C)C)c(C)c1. The standard InChI is InChI=1S/C32H60N2P2Si4/c1-24-19-26(3)30(27(4)20-24)35(23-37(7,8)9)32(38(10,11)12)36(33-39(13,14)15,34(35)40(16,17)18)31-28(5)21-25(2)22-29(31)6/h19-23,32H,1-18H3. The molecular formula is C32H60N2P2Si4. The van der Waals surface area contributed by atoms with Crippen molar-refractivity contribution in [1.29, 1.82) is 0 Å². The van der Waals surface area contributed by atoms with Gasteiger partial charge in [-0.1, -0.05) is 119 Å². The van der Waals surface area contributed by atoms with Crippen LogP contribution in [0.5, 0.6) is 0 Å². The van der Waals surface area contributed by atoms with Crippen LogP contribution in [0.15, 0.2) is 28.7 Å². The maximum atomic E-state index is 6.36. The zero-order valence-electron chi connectivity index (χ0n) is 29.3. The molecule has 8 heteroatoms. The molecule has 0 N–H and O–H groups in total. The molecule has 2 aromatic rings. The Balaban J connectivity index is 2.83. The second-order valence-corrected chi connectivity index (χ2v) is 45.8. The second kappa shape index (κ2) is 10.8. The Kier molecular flexibility index (Phi) is 9.22. The normalized spacial score (nSPS) is 24.6. The average molecular weight is 647 g/mol. The van der Waals surface area contributed by atoms with Crippen LogP contribution in [0.25, 0.3) is 0 Å². The van der Waals surface area contributed by atoms with E-state index < -0.39 is 46.9 Å². The number of hydrogen-bond donors (Lipinski definition) is 0. The first-order valence-electron chi connectivity index (χ1n) is 15.2. The molecule has 1 fully saturated rings. The Morgan fingerprint density at radius 1 is 0.625 bits per heavy atom. The summed E-state index contributed by atoms with van der Waals surface area (Å²) >= 11 is 0. The van der Waals surface area contributed by atoms with E-state index in [1.54, 1.807) is 10.6 Å². The molecule has 0 aliphatic carbocycles. The van der Waals surface area contributed by atoms with Gasteiger partial charge < -0.3 is 4.41 Å². The summed E-state index contributed by atoms with van der Waals surface area (Å²) in [5.74, 6) is 0. The van der Waals surface area contributed by atoms with Crippen molar-refractivity contribution < 1.29 is 0 Å². The molecule has 2 aromatic carbocycles. The summed E-state index contributed by atoms with van der Waals surface area (Å²) < 4.78 is 9.67. The van der Waals surface area contributed by atoms with E-state index in [0.717, 1.165) is 0 Å². The van der Waals surface area contributed by atoms with Crippen LogP contribution < -0.4 is 10.6 Å². The summed E-state index contributed by atoms with van der Waals surface area (Å²) in [5.41, 5.74) is 11.9. The highest BCUT2D eigenvalue weighted by atomic mass is 31.3. The topological polar surface area (TPSA) is 15.6 Å². The molecule has 0 saturated carbocycles. The molecule has 3 rings (SSSR count). The molecule has 1 saturated heterocycles. The third kappa shape index (κ3) is 6.07. The molecule has 3 unspecified atom stereocenters.